The van der Waals surface area contributed by atoms with Gasteiger partial charge in [-0.1, -0.05) is 0 Å². The molecule has 0 spiro atoms. The first-order valence-corrected chi connectivity index (χ1v) is 6.58. The molecule has 0 aliphatic heterocycles. The van der Waals surface area contributed by atoms with Gasteiger partial charge in [-0.25, -0.2) is 4.68 Å². The SMILES string of the molecule is COCCC(C)(O)CNc1c(N)c(C)nn1C(C)C. The second-order valence-corrected chi connectivity index (χ2v) is 5.48. The van der Waals surface area contributed by atoms with Gasteiger partial charge in [0.25, 0.3) is 0 Å². The van der Waals surface area contributed by atoms with Gasteiger partial charge < -0.3 is 20.9 Å². The average Bonchev–Trinajstić information content (AvgIpc) is 2.61. The lowest BCUT2D eigenvalue weighted by atomic mass is 10.0. The first-order chi connectivity index (χ1) is 8.78. The number of hydrogen-bond donors (Lipinski definition) is 3. The van der Waals surface area contributed by atoms with E-state index in [4.69, 9.17) is 10.5 Å². The predicted molar refractivity (Wildman–Crippen MR) is 77.4 cm³/mol. The summed E-state index contributed by atoms with van der Waals surface area (Å²) in [6.45, 7) is 8.66. The molecule has 1 unspecified atom stereocenters. The van der Waals surface area contributed by atoms with Crippen molar-refractivity contribution in [1.29, 1.82) is 0 Å². The Labute approximate surface area is 114 Å². The van der Waals surface area contributed by atoms with E-state index in [1.807, 2.05) is 25.5 Å². The molecule has 19 heavy (non-hydrogen) atoms. The minimum atomic E-state index is -0.845. The molecule has 0 saturated heterocycles. The zero-order valence-electron chi connectivity index (χ0n) is 12.5. The van der Waals surface area contributed by atoms with E-state index in [0.717, 1.165) is 11.5 Å². The maximum atomic E-state index is 10.2. The van der Waals surface area contributed by atoms with Crippen LogP contribution in [0.5, 0.6) is 0 Å². The van der Waals surface area contributed by atoms with E-state index in [0.29, 0.717) is 25.3 Å². The third kappa shape index (κ3) is 4.11. The van der Waals surface area contributed by atoms with Gasteiger partial charge in [-0.05, 0) is 27.7 Å². The molecule has 0 bridgehead atoms. The molecule has 0 aliphatic rings. The third-order valence-electron chi connectivity index (χ3n) is 3.10. The van der Waals surface area contributed by atoms with Crippen LogP contribution in [-0.4, -0.2) is 40.7 Å². The normalized spacial score (nSPS) is 14.7. The lowest BCUT2D eigenvalue weighted by Gasteiger charge is -2.24. The largest absolute Gasteiger partial charge is 0.394 e. The topological polar surface area (TPSA) is 85.3 Å². The summed E-state index contributed by atoms with van der Waals surface area (Å²) in [6.07, 6.45) is 0.561. The van der Waals surface area contributed by atoms with Crippen LogP contribution in [0.25, 0.3) is 0 Å². The van der Waals surface area contributed by atoms with Crippen molar-refractivity contribution in [2.75, 3.05) is 31.3 Å². The molecule has 0 amide bonds. The van der Waals surface area contributed by atoms with Crippen molar-refractivity contribution in [1.82, 2.24) is 9.78 Å². The van der Waals surface area contributed by atoms with E-state index < -0.39 is 5.60 Å². The number of aryl methyl sites for hydroxylation is 1. The number of nitrogens with one attached hydrogen (secondary N) is 1. The Morgan fingerprint density at radius 1 is 1.53 bits per heavy atom. The van der Waals surface area contributed by atoms with Crippen molar-refractivity contribution in [3.05, 3.63) is 5.69 Å². The lowest BCUT2D eigenvalue weighted by molar-refractivity contribution is 0.0356. The summed E-state index contributed by atoms with van der Waals surface area (Å²) in [5, 5.41) is 17.8. The predicted octanol–water partition coefficient (Wildman–Crippen LogP) is 1.55. The van der Waals surface area contributed by atoms with Gasteiger partial charge in [0, 0.05) is 32.7 Å². The number of rotatable bonds is 7. The van der Waals surface area contributed by atoms with Gasteiger partial charge in [-0.2, -0.15) is 5.10 Å². The Bertz CT molecular complexity index is 413. The highest BCUT2D eigenvalue weighted by Crippen LogP contribution is 2.26. The number of nitrogens with two attached hydrogens (primary N) is 1. The summed E-state index contributed by atoms with van der Waals surface area (Å²) in [7, 11) is 1.62. The number of aromatic nitrogens is 2. The van der Waals surface area contributed by atoms with Gasteiger partial charge in [0.2, 0.25) is 0 Å². The van der Waals surface area contributed by atoms with Crippen LogP contribution in [0.1, 0.15) is 38.9 Å². The Morgan fingerprint density at radius 2 is 2.16 bits per heavy atom. The molecule has 0 aromatic carbocycles. The van der Waals surface area contributed by atoms with Crippen LogP contribution in [0.2, 0.25) is 0 Å². The van der Waals surface area contributed by atoms with Gasteiger partial charge in [-0.15, -0.1) is 0 Å². The van der Waals surface area contributed by atoms with Crippen molar-refractivity contribution in [2.24, 2.45) is 0 Å². The fraction of sp³-hybridized carbons (Fsp3) is 0.769. The highest BCUT2D eigenvalue weighted by Gasteiger charge is 2.22. The maximum Gasteiger partial charge on any atom is 0.148 e. The van der Waals surface area contributed by atoms with Gasteiger partial charge in [0.1, 0.15) is 5.82 Å². The lowest BCUT2D eigenvalue weighted by Crippen LogP contribution is -2.35. The van der Waals surface area contributed by atoms with Crippen LogP contribution in [-0.2, 0) is 4.74 Å². The average molecular weight is 270 g/mol. The zero-order valence-corrected chi connectivity index (χ0v) is 12.5. The van der Waals surface area contributed by atoms with Crippen molar-refractivity contribution in [3.63, 3.8) is 0 Å². The van der Waals surface area contributed by atoms with Crippen LogP contribution < -0.4 is 11.1 Å². The molecule has 0 radical (unpaired) electrons. The van der Waals surface area contributed by atoms with Crippen LogP contribution in [0.3, 0.4) is 0 Å². The molecule has 110 valence electrons. The smallest absolute Gasteiger partial charge is 0.148 e. The quantitative estimate of drug-likeness (QED) is 0.700. The third-order valence-corrected chi connectivity index (χ3v) is 3.10. The van der Waals surface area contributed by atoms with Gasteiger partial charge in [0.05, 0.1) is 17.0 Å². The Hall–Kier alpha value is -1.27. The molecule has 4 N–H and O–H groups in total. The fourth-order valence-electron chi connectivity index (χ4n) is 1.79. The number of ether oxygens (including phenoxy) is 1. The first kappa shape index (κ1) is 15.8. The summed E-state index contributed by atoms with van der Waals surface area (Å²) in [5.41, 5.74) is 6.61. The number of nitrogens with zero attached hydrogens (tertiary/aromatic N) is 2. The molecule has 1 heterocycles. The monoisotopic (exact) mass is 270 g/mol. The molecule has 1 atom stereocenters. The van der Waals surface area contributed by atoms with Gasteiger partial charge >= 0.3 is 0 Å². The van der Waals surface area contributed by atoms with Crippen molar-refractivity contribution >= 4 is 11.5 Å². The Kier molecular flexibility index (Phi) is 5.20. The summed E-state index contributed by atoms with van der Waals surface area (Å²) in [4.78, 5) is 0. The van der Waals surface area contributed by atoms with Gasteiger partial charge in [-0.3, -0.25) is 0 Å². The second-order valence-electron chi connectivity index (χ2n) is 5.48. The molecule has 1 rings (SSSR count). The molecule has 1 aromatic rings. The molecular weight excluding hydrogens is 244 g/mol. The summed E-state index contributed by atoms with van der Waals surface area (Å²) in [6, 6.07) is 0.211. The minimum absolute atomic E-state index is 0.211. The fourth-order valence-corrected chi connectivity index (χ4v) is 1.79. The number of hydrogen-bond acceptors (Lipinski definition) is 5. The molecule has 1 aromatic heterocycles. The molecular formula is C13H26N4O2. The number of aliphatic hydroxyl groups is 1. The standard InChI is InChI=1S/C13H26N4O2/c1-9(2)17-12(11(14)10(3)16-17)15-8-13(4,18)6-7-19-5/h9,15,18H,6-8,14H2,1-5H3. The molecule has 0 aliphatic carbocycles. The van der Waals surface area contributed by atoms with Crippen molar-refractivity contribution in [3.8, 4) is 0 Å². The Balaban J connectivity index is 2.77. The molecule has 6 nitrogen and oxygen atoms in total. The summed E-state index contributed by atoms with van der Waals surface area (Å²) < 4.78 is 6.83. The summed E-state index contributed by atoms with van der Waals surface area (Å²) in [5.74, 6) is 0.769. The van der Waals surface area contributed by atoms with Crippen LogP contribution in [0.15, 0.2) is 0 Å². The number of methoxy groups -OCH3 is 1. The van der Waals surface area contributed by atoms with Crippen LogP contribution >= 0.6 is 0 Å². The van der Waals surface area contributed by atoms with E-state index in [1.54, 1.807) is 14.0 Å². The number of nitrogen functional groups attached to an aromatic ring is 1. The summed E-state index contributed by atoms with van der Waals surface area (Å²) >= 11 is 0. The number of anilines is 2. The highest BCUT2D eigenvalue weighted by molar-refractivity contribution is 5.65. The highest BCUT2D eigenvalue weighted by atomic mass is 16.5. The minimum Gasteiger partial charge on any atom is -0.394 e. The second kappa shape index (κ2) is 6.25. The van der Waals surface area contributed by atoms with E-state index >= 15 is 0 Å². The zero-order chi connectivity index (χ0) is 14.6. The molecule has 6 heteroatoms. The Morgan fingerprint density at radius 3 is 2.68 bits per heavy atom. The van der Waals surface area contributed by atoms with E-state index in [2.05, 4.69) is 10.4 Å². The van der Waals surface area contributed by atoms with Crippen molar-refractivity contribution in [2.45, 2.75) is 45.8 Å². The van der Waals surface area contributed by atoms with Gasteiger partial charge in [0.15, 0.2) is 0 Å². The van der Waals surface area contributed by atoms with Crippen LogP contribution in [0, 0.1) is 6.92 Å². The van der Waals surface area contributed by atoms with Crippen molar-refractivity contribution < 1.29 is 9.84 Å². The molecule has 0 saturated carbocycles. The maximum absolute atomic E-state index is 10.2. The van der Waals surface area contributed by atoms with E-state index in [1.165, 1.54) is 0 Å². The van der Waals surface area contributed by atoms with Crippen LogP contribution in [0.4, 0.5) is 11.5 Å². The van der Waals surface area contributed by atoms with E-state index in [9.17, 15) is 5.11 Å². The molecule has 0 fully saturated rings. The first-order valence-electron chi connectivity index (χ1n) is 6.58. The van der Waals surface area contributed by atoms with E-state index in [-0.39, 0.29) is 6.04 Å².